The lowest BCUT2D eigenvalue weighted by atomic mass is 10.1. The van der Waals surface area contributed by atoms with E-state index < -0.39 is 0 Å². The molecule has 21 heavy (non-hydrogen) atoms. The van der Waals surface area contributed by atoms with Gasteiger partial charge in [0.05, 0.1) is 17.8 Å². The number of hydrogen-bond donors (Lipinski definition) is 2. The topological polar surface area (TPSA) is 81.2 Å². The van der Waals surface area contributed by atoms with Gasteiger partial charge in [-0.1, -0.05) is 36.3 Å². The number of aromatic nitrogens is 1. The second kappa shape index (κ2) is 5.33. The average molecular weight is 285 g/mol. The molecule has 0 spiro atoms. The van der Waals surface area contributed by atoms with Crippen LogP contribution in [0.3, 0.4) is 0 Å². The molecule has 1 amide bonds. The Kier molecular flexibility index (Phi) is 3.51. The Morgan fingerprint density at radius 3 is 2.95 bits per heavy atom. The van der Waals surface area contributed by atoms with Crippen LogP contribution in [0.25, 0.3) is 0 Å². The first-order chi connectivity index (χ1) is 10.1. The molecule has 1 aliphatic carbocycles. The molecule has 2 aromatic rings. The minimum absolute atomic E-state index is 0.0890. The minimum atomic E-state index is -0.171. The highest BCUT2D eigenvalue weighted by Gasteiger charge is 2.32. The van der Waals surface area contributed by atoms with Gasteiger partial charge in [0.1, 0.15) is 11.3 Å². The Hall–Kier alpha value is -2.14. The van der Waals surface area contributed by atoms with Gasteiger partial charge < -0.3 is 15.6 Å². The summed E-state index contributed by atoms with van der Waals surface area (Å²) < 4.78 is 5.12. The number of aryl methyl sites for hydroxylation is 2. The van der Waals surface area contributed by atoms with E-state index in [4.69, 9.17) is 10.3 Å². The van der Waals surface area contributed by atoms with E-state index in [1.54, 1.807) is 6.92 Å². The number of rotatable bonds is 3. The summed E-state index contributed by atoms with van der Waals surface area (Å²) in [4.78, 5) is 12.5. The molecule has 2 unspecified atom stereocenters. The van der Waals surface area contributed by atoms with Crippen molar-refractivity contribution in [2.45, 2.75) is 38.8 Å². The first kappa shape index (κ1) is 13.8. The molecule has 1 aromatic carbocycles. The summed E-state index contributed by atoms with van der Waals surface area (Å²) in [5.74, 6) is 0.396. The van der Waals surface area contributed by atoms with Gasteiger partial charge in [-0.15, -0.1) is 0 Å². The van der Waals surface area contributed by atoms with Crippen molar-refractivity contribution in [2.75, 3.05) is 0 Å². The lowest BCUT2D eigenvalue weighted by molar-refractivity contribution is 0.0931. The Morgan fingerprint density at radius 1 is 1.48 bits per heavy atom. The van der Waals surface area contributed by atoms with Crippen molar-refractivity contribution >= 4 is 5.91 Å². The molecule has 5 heteroatoms. The maximum Gasteiger partial charge on any atom is 0.257 e. The van der Waals surface area contributed by atoms with Crippen LogP contribution in [0, 0.1) is 6.92 Å². The lowest BCUT2D eigenvalue weighted by Crippen LogP contribution is -2.41. The van der Waals surface area contributed by atoms with E-state index in [1.807, 2.05) is 25.1 Å². The predicted molar refractivity (Wildman–Crippen MR) is 78.9 cm³/mol. The van der Waals surface area contributed by atoms with E-state index >= 15 is 0 Å². The van der Waals surface area contributed by atoms with Gasteiger partial charge in [0.15, 0.2) is 0 Å². The van der Waals surface area contributed by atoms with Gasteiger partial charge in [-0.05, 0) is 30.9 Å². The largest absolute Gasteiger partial charge is 0.361 e. The van der Waals surface area contributed by atoms with Crippen molar-refractivity contribution in [1.82, 2.24) is 10.5 Å². The van der Waals surface area contributed by atoms with Crippen LogP contribution in [0.5, 0.6) is 0 Å². The molecule has 110 valence electrons. The molecule has 0 saturated heterocycles. The van der Waals surface area contributed by atoms with E-state index in [0.717, 1.165) is 12.0 Å². The minimum Gasteiger partial charge on any atom is -0.361 e. The van der Waals surface area contributed by atoms with Crippen molar-refractivity contribution in [3.8, 4) is 0 Å². The van der Waals surface area contributed by atoms with Crippen molar-refractivity contribution in [3.63, 3.8) is 0 Å². The van der Waals surface area contributed by atoms with E-state index in [9.17, 15) is 4.79 Å². The molecule has 3 N–H and O–H groups in total. The zero-order valence-corrected chi connectivity index (χ0v) is 12.2. The summed E-state index contributed by atoms with van der Waals surface area (Å²) in [5, 5.41) is 6.95. The molecule has 3 rings (SSSR count). The van der Waals surface area contributed by atoms with Gasteiger partial charge in [0, 0.05) is 0 Å². The highest BCUT2D eigenvalue weighted by Crippen LogP contribution is 2.29. The van der Waals surface area contributed by atoms with Gasteiger partial charge in [0.2, 0.25) is 0 Å². The summed E-state index contributed by atoms with van der Waals surface area (Å²) >= 11 is 0. The number of nitrogens with one attached hydrogen (secondary N) is 1. The highest BCUT2D eigenvalue weighted by molar-refractivity contribution is 5.96. The fraction of sp³-hybridized carbons (Fsp3) is 0.375. The summed E-state index contributed by atoms with van der Waals surface area (Å²) in [6.45, 7) is 3.70. The Balaban J connectivity index is 1.79. The molecule has 1 aliphatic rings. The number of carbonyl (C=O) groups excluding carboxylic acids is 1. The molecule has 2 atom stereocenters. The Bertz CT molecular complexity index is 678. The molecule has 0 radical (unpaired) electrons. The van der Waals surface area contributed by atoms with Crippen molar-refractivity contribution in [1.29, 1.82) is 0 Å². The molecular formula is C16H19N3O2. The molecule has 0 fully saturated rings. The number of carbonyl (C=O) groups is 1. The third-order valence-electron chi connectivity index (χ3n) is 4.10. The third kappa shape index (κ3) is 2.34. The van der Waals surface area contributed by atoms with E-state index in [1.165, 1.54) is 5.56 Å². The maximum absolute atomic E-state index is 12.5. The second-order valence-electron chi connectivity index (χ2n) is 5.42. The normalized spacial score (nSPS) is 20.3. The highest BCUT2D eigenvalue weighted by atomic mass is 16.5. The summed E-state index contributed by atoms with van der Waals surface area (Å²) in [6.07, 6.45) is 1.42. The van der Waals surface area contributed by atoms with Gasteiger partial charge in [-0.25, -0.2) is 0 Å². The molecule has 0 aliphatic heterocycles. The van der Waals surface area contributed by atoms with Gasteiger partial charge in [-0.3, -0.25) is 4.79 Å². The van der Waals surface area contributed by atoms with Crippen LogP contribution in [0.1, 0.15) is 45.9 Å². The smallest absolute Gasteiger partial charge is 0.257 e. The third-order valence-corrected chi connectivity index (χ3v) is 4.10. The van der Waals surface area contributed by atoms with E-state index in [0.29, 0.717) is 23.4 Å². The zero-order chi connectivity index (χ0) is 15.0. The molecule has 1 heterocycles. The summed E-state index contributed by atoms with van der Waals surface area (Å²) in [6, 6.07) is 7.79. The number of nitrogens with two attached hydrogens (primary N) is 1. The molecule has 1 aromatic heterocycles. The second-order valence-corrected chi connectivity index (χ2v) is 5.42. The van der Waals surface area contributed by atoms with Crippen molar-refractivity contribution in [3.05, 3.63) is 52.4 Å². The van der Waals surface area contributed by atoms with Crippen LogP contribution in [0.15, 0.2) is 28.8 Å². The van der Waals surface area contributed by atoms with Crippen LogP contribution >= 0.6 is 0 Å². The SMILES string of the molecule is CCc1noc(C)c1C(=O)NC1Cc2ccccc2C1N. The zero-order valence-electron chi connectivity index (χ0n) is 12.2. The Labute approximate surface area is 123 Å². The number of amides is 1. The average Bonchev–Trinajstić information content (AvgIpc) is 3.00. The standard InChI is InChI=1S/C16H19N3O2/c1-3-12-14(9(2)21-19-12)16(20)18-13-8-10-6-4-5-7-11(10)15(13)17/h4-7,13,15H,3,8,17H2,1-2H3,(H,18,20). The molecular weight excluding hydrogens is 266 g/mol. The lowest BCUT2D eigenvalue weighted by Gasteiger charge is -2.17. The number of fused-ring (bicyclic) bond motifs is 1. The fourth-order valence-electron chi connectivity index (χ4n) is 2.96. The summed E-state index contributed by atoms with van der Waals surface area (Å²) in [7, 11) is 0. The quantitative estimate of drug-likeness (QED) is 0.902. The van der Waals surface area contributed by atoms with Gasteiger partial charge in [-0.2, -0.15) is 0 Å². The van der Waals surface area contributed by atoms with Crippen LogP contribution in [0.2, 0.25) is 0 Å². The van der Waals surface area contributed by atoms with Crippen LogP contribution in [-0.2, 0) is 12.8 Å². The molecule has 5 nitrogen and oxygen atoms in total. The monoisotopic (exact) mass is 285 g/mol. The predicted octanol–water partition coefficient (Wildman–Crippen LogP) is 1.90. The maximum atomic E-state index is 12.5. The van der Waals surface area contributed by atoms with Gasteiger partial charge >= 0.3 is 0 Å². The van der Waals surface area contributed by atoms with Crippen LogP contribution in [-0.4, -0.2) is 17.1 Å². The number of hydrogen-bond acceptors (Lipinski definition) is 4. The first-order valence-electron chi connectivity index (χ1n) is 7.21. The van der Waals surface area contributed by atoms with Crippen molar-refractivity contribution in [2.24, 2.45) is 5.73 Å². The van der Waals surface area contributed by atoms with E-state index in [2.05, 4.69) is 16.5 Å². The van der Waals surface area contributed by atoms with Crippen molar-refractivity contribution < 1.29 is 9.32 Å². The fourth-order valence-corrected chi connectivity index (χ4v) is 2.96. The summed E-state index contributed by atoms with van der Waals surface area (Å²) in [5.41, 5.74) is 9.79. The Morgan fingerprint density at radius 2 is 2.24 bits per heavy atom. The van der Waals surface area contributed by atoms with Crippen LogP contribution in [0.4, 0.5) is 0 Å². The number of nitrogens with zero attached hydrogens (tertiary/aromatic N) is 1. The first-order valence-corrected chi connectivity index (χ1v) is 7.21. The number of benzene rings is 1. The van der Waals surface area contributed by atoms with Crippen LogP contribution < -0.4 is 11.1 Å². The molecule has 0 bridgehead atoms. The molecule has 0 saturated carbocycles. The van der Waals surface area contributed by atoms with E-state index in [-0.39, 0.29) is 18.0 Å². The van der Waals surface area contributed by atoms with Gasteiger partial charge in [0.25, 0.3) is 5.91 Å².